The molecule has 1 fully saturated rings. The van der Waals surface area contributed by atoms with Gasteiger partial charge in [-0.15, -0.1) is 0 Å². The second-order valence-electron chi connectivity index (χ2n) is 8.39. The maximum Gasteiger partial charge on any atom is 0.231 e. The smallest absolute Gasteiger partial charge is 0.231 e. The zero-order valence-electron chi connectivity index (χ0n) is 17.9. The number of carbonyl (C=O) groups excluding carboxylic acids is 1. The van der Waals surface area contributed by atoms with E-state index in [-0.39, 0.29) is 12.3 Å². The summed E-state index contributed by atoms with van der Waals surface area (Å²) in [5.74, 6) is -0.513. The summed E-state index contributed by atoms with van der Waals surface area (Å²) in [5, 5.41) is 19.3. The zero-order chi connectivity index (χ0) is 22.4. The van der Waals surface area contributed by atoms with E-state index in [1.807, 2.05) is 36.6 Å². The first kappa shape index (κ1) is 20.5. The normalized spacial score (nSPS) is 18.8. The van der Waals surface area contributed by atoms with E-state index in [9.17, 15) is 14.3 Å². The Labute approximate surface area is 184 Å². The van der Waals surface area contributed by atoms with Crippen LogP contribution in [0.4, 0.5) is 10.2 Å². The van der Waals surface area contributed by atoms with Crippen molar-refractivity contribution in [3.8, 4) is 11.3 Å². The number of fused-ring (bicyclic) bond motifs is 3. The number of rotatable bonds is 6. The Kier molecular flexibility index (Phi) is 5.09. The van der Waals surface area contributed by atoms with Gasteiger partial charge in [-0.3, -0.25) is 9.78 Å². The predicted octanol–water partition coefficient (Wildman–Crippen LogP) is 4.38. The number of alkyl halides is 1. The number of carbonyl (C=O) groups is 1. The first-order chi connectivity index (χ1) is 15.5. The highest BCUT2D eigenvalue weighted by atomic mass is 19.1. The molecule has 164 valence electrons. The van der Waals surface area contributed by atoms with Gasteiger partial charge in [0.05, 0.1) is 35.1 Å². The van der Waals surface area contributed by atoms with Crippen molar-refractivity contribution in [2.75, 3.05) is 5.32 Å². The van der Waals surface area contributed by atoms with Crippen molar-refractivity contribution in [1.82, 2.24) is 19.6 Å². The first-order valence-electron chi connectivity index (χ1n) is 10.8. The van der Waals surface area contributed by atoms with E-state index >= 15 is 0 Å². The Morgan fingerprint density at radius 1 is 1.31 bits per heavy atom. The zero-order valence-corrected chi connectivity index (χ0v) is 17.9. The van der Waals surface area contributed by atoms with Gasteiger partial charge in [-0.25, -0.2) is 13.9 Å². The van der Waals surface area contributed by atoms with Gasteiger partial charge in [0.2, 0.25) is 5.91 Å². The summed E-state index contributed by atoms with van der Waals surface area (Å²) in [5.41, 5.74) is 4.28. The van der Waals surface area contributed by atoms with Gasteiger partial charge in [0.15, 0.2) is 0 Å². The fraction of sp³-hybridized carbons (Fsp3) is 0.333. The molecular formula is C24H24FN5O2. The molecule has 0 aromatic carbocycles. The Bertz CT molecular complexity index is 1330. The molecule has 7 nitrogen and oxygen atoms in total. The molecular weight excluding hydrogens is 409 g/mol. The molecule has 0 aliphatic heterocycles. The highest BCUT2D eigenvalue weighted by molar-refractivity contribution is 6.01. The third-order valence-electron chi connectivity index (χ3n) is 5.99. The number of aliphatic hydroxyl groups is 1. The lowest BCUT2D eigenvalue weighted by Gasteiger charge is -2.14. The number of anilines is 1. The second kappa shape index (κ2) is 7.94. The van der Waals surface area contributed by atoms with Crippen molar-refractivity contribution >= 4 is 28.0 Å². The molecule has 0 bridgehead atoms. The standard InChI is InChI=1S/C24H24FN5O2/c1-3-4-22(31)19-7-13(2)17(12-26-19)21-8-14-11-27-23(29-24(32)16-9-18(16)25)10-15(14)20-5-6-28-30(20)21/h5-8,10-12,16,18,22,31H,3-4,9H2,1-2H3,(H,27,29,32)/t16-,18+,22+/m0/s1. The quantitative estimate of drug-likeness (QED) is 0.471. The van der Waals surface area contributed by atoms with Crippen LogP contribution in [0.1, 0.15) is 43.5 Å². The Hall–Kier alpha value is -3.39. The summed E-state index contributed by atoms with van der Waals surface area (Å²) in [6, 6.07) is 7.59. The molecule has 1 amide bonds. The Morgan fingerprint density at radius 2 is 2.12 bits per heavy atom. The highest BCUT2D eigenvalue weighted by Gasteiger charge is 2.43. The van der Waals surface area contributed by atoms with Crippen LogP contribution in [0, 0.1) is 12.8 Å². The molecule has 3 atom stereocenters. The van der Waals surface area contributed by atoms with Gasteiger partial charge in [-0.2, -0.15) is 5.10 Å². The van der Waals surface area contributed by atoms with Crippen molar-refractivity contribution in [3.05, 3.63) is 54.1 Å². The summed E-state index contributed by atoms with van der Waals surface area (Å²) in [7, 11) is 0. The molecule has 4 aromatic heterocycles. The van der Waals surface area contributed by atoms with E-state index in [0.29, 0.717) is 17.9 Å². The lowest BCUT2D eigenvalue weighted by atomic mass is 10.0. The van der Waals surface area contributed by atoms with Gasteiger partial charge in [-0.05, 0) is 49.6 Å². The summed E-state index contributed by atoms with van der Waals surface area (Å²) in [4.78, 5) is 20.9. The minimum Gasteiger partial charge on any atom is -0.387 e. The van der Waals surface area contributed by atoms with E-state index in [2.05, 4.69) is 20.4 Å². The van der Waals surface area contributed by atoms with Crippen LogP contribution in [-0.2, 0) is 4.79 Å². The number of nitrogens with zero attached hydrogens (tertiary/aromatic N) is 4. The Balaban J connectivity index is 1.55. The number of aromatic nitrogens is 4. The SMILES string of the molecule is CCC[C@@H](O)c1cc(C)c(-c2cc3cnc(NC(=O)[C@H]4C[C@H]4F)cc3c3ccnn23)cn1. The number of pyridine rings is 3. The fourth-order valence-corrected chi connectivity index (χ4v) is 4.07. The first-order valence-corrected chi connectivity index (χ1v) is 10.8. The minimum atomic E-state index is -1.05. The van der Waals surface area contributed by atoms with Crippen LogP contribution in [-0.4, -0.2) is 36.8 Å². The van der Waals surface area contributed by atoms with Gasteiger partial charge in [0.25, 0.3) is 0 Å². The minimum absolute atomic E-state index is 0.275. The summed E-state index contributed by atoms with van der Waals surface area (Å²) >= 11 is 0. The third-order valence-corrected chi connectivity index (χ3v) is 5.99. The molecule has 0 radical (unpaired) electrons. The van der Waals surface area contributed by atoms with Crippen LogP contribution in [0.3, 0.4) is 0 Å². The molecule has 5 rings (SSSR count). The molecule has 2 N–H and O–H groups in total. The maximum atomic E-state index is 13.2. The van der Waals surface area contributed by atoms with Crippen molar-refractivity contribution < 1.29 is 14.3 Å². The summed E-state index contributed by atoms with van der Waals surface area (Å²) in [6.45, 7) is 4.02. The number of hydrogen-bond acceptors (Lipinski definition) is 5. The van der Waals surface area contributed by atoms with Crippen LogP contribution in [0.25, 0.3) is 27.5 Å². The topological polar surface area (TPSA) is 92.4 Å². The van der Waals surface area contributed by atoms with E-state index in [1.165, 1.54) is 0 Å². The molecule has 1 aliphatic carbocycles. The second-order valence-corrected chi connectivity index (χ2v) is 8.39. The average Bonchev–Trinajstić information content (AvgIpc) is 3.30. The molecule has 0 saturated heterocycles. The van der Waals surface area contributed by atoms with Crippen LogP contribution in [0.15, 0.2) is 42.9 Å². The average molecular weight is 433 g/mol. The van der Waals surface area contributed by atoms with E-state index in [1.54, 1.807) is 24.7 Å². The molecule has 1 saturated carbocycles. The van der Waals surface area contributed by atoms with E-state index in [4.69, 9.17) is 0 Å². The number of hydrogen-bond donors (Lipinski definition) is 2. The Morgan fingerprint density at radius 3 is 2.84 bits per heavy atom. The van der Waals surface area contributed by atoms with Gasteiger partial charge in [0, 0.05) is 28.7 Å². The van der Waals surface area contributed by atoms with Gasteiger partial charge < -0.3 is 10.4 Å². The van der Waals surface area contributed by atoms with Crippen molar-refractivity contribution in [2.24, 2.45) is 5.92 Å². The molecule has 0 spiro atoms. The third kappa shape index (κ3) is 3.60. The molecule has 4 heterocycles. The number of aryl methyl sites for hydroxylation is 1. The number of nitrogens with one attached hydrogen (secondary N) is 1. The lowest BCUT2D eigenvalue weighted by molar-refractivity contribution is -0.117. The maximum absolute atomic E-state index is 13.2. The van der Waals surface area contributed by atoms with Crippen molar-refractivity contribution in [1.29, 1.82) is 0 Å². The number of halogens is 1. The lowest BCUT2D eigenvalue weighted by Crippen LogP contribution is -2.15. The molecule has 0 unspecified atom stereocenters. The summed E-state index contributed by atoms with van der Waals surface area (Å²) in [6.07, 6.45) is 5.39. The largest absolute Gasteiger partial charge is 0.387 e. The van der Waals surface area contributed by atoms with Crippen LogP contribution in [0.5, 0.6) is 0 Å². The number of amides is 1. The molecule has 32 heavy (non-hydrogen) atoms. The predicted molar refractivity (Wildman–Crippen MR) is 120 cm³/mol. The molecule has 4 aromatic rings. The van der Waals surface area contributed by atoms with Crippen molar-refractivity contribution in [3.63, 3.8) is 0 Å². The van der Waals surface area contributed by atoms with Crippen LogP contribution in [0.2, 0.25) is 0 Å². The van der Waals surface area contributed by atoms with Crippen molar-refractivity contribution in [2.45, 2.75) is 45.4 Å². The van der Waals surface area contributed by atoms with Gasteiger partial charge >= 0.3 is 0 Å². The van der Waals surface area contributed by atoms with Gasteiger partial charge in [0.1, 0.15) is 12.0 Å². The van der Waals surface area contributed by atoms with Gasteiger partial charge in [-0.1, -0.05) is 13.3 Å². The molecule has 1 aliphatic rings. The molecule has 8 heteroatoms. The van der Waals surface area contributed by atoms with Crippen LogP contribution >= 0.6 is 0 Å². The van der Waals surface area contributed by atoms with E-state index < -0.39 is 18.2 Å². The highest BCUT2D eigenvalue weighted by Crippen LogP contribution is 2.35. The number of aliphatic hydroxyl groups excluding tert-OH is 1. The fourth-order valence-electron chi connectivity index (χ4n) is 4.07. The van der Waals surface area contributed by atoms with E-state index in [0.717, 1.165) is 39.5 Å². The van der Waals surface area contributed by atoms with Crippen LogP contribution < -0.4 is 5.32 Å². The monoisotopic (exact) mass is 433 g/mol. The summed E-state index contributed by atoms with van der Waals surface area (Å²) < 4.78 is 15.0.